The third-order valence-electron chi connectivity index (χ3n) is 3.26. The molecular weight excluding hydrogens is 348 g/mol. The summed E-state index contributed by atoms with van der Waals surface area (Å²) in [5, 5.41) is 5.65. The molecule has 0 atom stereocenters. The Kier molecular flexibility index (Phi) is 7.84. The Balaban J connectivity index is 0.00000288. The van der Waals surface area contributed by atoms with Gasteiger partial charge in [0.15, 0.2) is 5.13 Å². The van der Waals surface area contributed by atoms with Crippen molar-refractivity contribution in [1.82, 2.24) is 10.3 Å². The summed E-state index contributed by atoms with van der Waals surface area (Å²) in [6, 6.07) is 8.34. The molecule has 0 unspecified atom stereocenters. The van der Waals surface area contributed by atoms with E-state index in [1.54, 1.807) is 0 Å². The van der Waals surface area contributed by atoms with Gasteiger partial charge in [-0.05, 0) is 19.4 Å². The number of aromatic nitrogens is 1. The predicted molar refractivity (Wildman–Crippen MR) is 98.8 cm³/mol. The van der Waals surface area contributed by atoms with E-state index in [2.05, 4.69) is 46.8 Å². The minimum absolute atomic E-state index is 0. The highest BCUT2D eigenvalue weighted by Crippen LogP contribution is 2.25. The summed E-state index contributed by atoms with van der Waals surface area (Å²) in [6.45, 7) is 3.73. The molecule has 0 radical (unpaired) electrons. The van der Waals surface area contributed by atoms with Crippen LogP contribution in [0, 0.1) is 13.8 Å². The van der Waals surface area contributed by atoms with Gasteiger partial charge in [0.25, 0.3) is 0 Å². The molecule has 0 spiro atoms. The maximum Gasteiger partial charge on any atom is 0.245 e. The van der Waals surface area contributed by atoms with Crippen LogP contribution in [0.4, 0.5) is 5.13 Å². The van der Waals surface area contributed by atoms with Crippen LogP contribution in [-0.4, -0.2) is 29.9 Å². The second-order valence-electron chi connectivity index (χ2n) is 5.22. The number of halogens is 1. The molecule has 0 aliphatic rings. The Bertz CT molecular complexity index is 701. The third-order valence-corrected chi connectivity index (χ3v) is 4.33. The molecule has 0 saturated carbocycles. The number of aryl methyl sites for hydroxylation is 2. The van der Waals surface area contributed by atoms with Crippen LogP contribution in [0.2, 0.25) is 0 Å². The summed E-state index contributed by atoms with van der Waals surface area (Å²) >= 11 is 1.45. The Morgan fingerprint density at radius 1 is 1.17 bits per heavy atom. The van der Waals surface area contributed by atoms with Crippen LogP contribution in [0.3, 0.4) is 0 Å². The first-order valence-electron chi connectivity index (χ1n) is 7.26. The second kappa shape index (κ2) is 9.36. The average Bonchev–Trinajstić information content (AvgIpc) is 2.86. The van der Waals surface area contributed by atoms with Gasteiger partial charge in [0.2, 0.25) is 11.8 Å². The summed E-state index contributed by atoms with van der Waals surface area (Å²) in [5.41, 5.74) is 8.49. The van der Waals surface area contributed by atoms with Gasteiger partial charge in [-0.1, -0.05) is 29.8 Å². The highest BCUT2D eigenvalue weighted by atomic mass is 35.5. The number of thiazole rings is 1. The normalized spacial score (nSPS) is 9.96. The zero-order chi connectivity index (χ0) is 16.8. The number of benzene rings is 1. The van der Waals surface area contributed by atoms with Gasteiger partial charge in [-0.3, -0.25) is 9.59 Å². The quantitative estimate of drug-likeness (QED) is 0.724. The molecule has 24 heavy (non-hydrogen) atoms. The predicted octanol–water partition coefficient (Wildman–Crippen LogP) is 1.79. The Morgan fingerprint density at radius 2 is 1.83 bits per heavy atom. The maximum absolute atomic E-state index is 11.7. The molecule has 2 aromatic rings. The standard InChI is InChI=1S/C16H20N4O2S.ClH/c1-10-3-5-12(6-4-10)7-13-11(2)19-16(23-13)20-15(22)9-18-14(21)8-17;/h3-6H,7-9,17H2,1-2H3,(H,18,21)(H,19,20,22);1H. The zero-order valence-electron chi connectivity index (χ0n) is 13.6. The number of nitrogens with two attached hydrogens (primary N) is 1. The van der Waals surface area contributed by atoms with Crippen LogP contribution in [0.15, 0.2) is 24.3 Å². The molecule has 1 aromatic heterocycles. The molecule has 0 aliphatic carbocycles. The molecule has 2 rings (SSSR count). The van der Waals surface area contributed by atoms with Crippen LogP contribution in [0.25, 0.3) is 0 Å². The third kappa shape index (κ3) is 5.92. The van der Waals surface area contributed by atoms with Crippen molar-refractivity contribution in [3.8, 4) is 0 Å². The van der Waals surface area contributed by atoms with Crippen molar-refractivity contribution >= 4 is 40.7 Å². The van der Waals surface area contributed by atoms with Crippen LogP contribution < -0.4 is 16.4 Å². The number of carbonyl (C=O) groups excluding carboxylic acids is 2. The summed E-state index contributed by atoms with van der Waals surface area (Å²) in [7, 11) is 0. The molecule has 0 aliphatic heterocycles. The maximum atomic E-state index is 11.7. The molecule has 0 saturated heterocycles. The fraction of sp³-hybridized carbons (Fsp3) is 0.312. The lowest BCUT2D eigenvalue weighted by Gasteiger charge is -2.03. The van der Waals surface area contributed by atoms with Gasteiger partial charge < -0.3 is 16.4 Å². The Hall–Kier alpha value is -1.96. The van der Waals surface area contributed by atoms with Gasteiger partial charge in [0.1, 0.15) is 0 Å². The summed E-state index contributed by atoms with van der Waals surface area (Å²) in [5.74, 6) is -0.682. The summed E-state index contributed by atoms with van der Waals surface area (Å²) in [6.07, 6.45) is 0.781. The molecule has 2 amide bonds. The number of nitrogens with zero attached hydrogens (tertiary/aromatic N) is 1. The van der Waals surface area contributed by atoms with Crippen LogP contribution >= 0.6 is 23.7 Å². The molecule has 0 bridgehead atoms. The SMILES string of the molecule is Cc1ccc(Cc2sc(NC(=O)CNC(=O)CN)nc2C)cc1.Cl. The van der Waals surface area contributed by atoms with Crippen molar-refractivity contribution in [2.75, 3.05) is 18.4 Å². The molecule has 0 fully saturated rings. The van der Waals surface area contributed by atoms with E-state index in [0.29, 0.717) is 5.13 Å². The summed E-state index contributed by atoms with van der Waals surface area (Å²) in [4.78, 5) is 28.2. The number of hydrogen-bond donors (Lipinski definition) is 3. The van der Waals surface area contributed by atoms with E-state index in [9.17, 15) is 9.59 Å². The van der Waals surface area contributed by atoms with Crippen molar-refractivity contribution in [1.29, 1.82) is 0 Å². The second-order valence-corrected chi connectivity index (χ2v) is 6.30. The number of rotatable bonds is 6. The van der Waals surface area contributed by atoms with Crippen LogP contribution in [-0.2, 0) is 16.0 Å². The molecule has 4 N–H and O–H groups in total. The minimum Gasteiger partial charge on any atom is -0.346 e. The van der Waals surface area contributed by atoms with Crippen molar-refractivity contribution < 1.29 is 9.59 Å². The van der Waals surface area contributed by atoms with Gasteiger partial charge >= 0.3 is 0 Å². The number of amides is 2. The van der Waals surface area contributed by atoms with E-state index in [4.69, 9.17) is 5.73 Å². The molecular formula is C16H21ClN4O2S. The minimum atomic E-state index is -0.365. The smallest absolute Gasteiger partial charge is 0.245 e. The van der Waals surface area contributed by atoms with Crippen molar-refractivity contribution in [2.24, 2.45) is 5.73 Å². The van der Waals surface area contributed by atoms with Gasteiger partial charge in [0.05, 0.1) is 18.8 Å². The zero-order valence-corrected chi connectivity index (χ0v) is 15.2. The lowest BCUT2D eigenvalue weighted by molar-refractivity contribution is -0.123. The first-order chi connectivity index (χ1) is 11.0. The van der Waals surface area contributed by atoms with Crippen LogP contribution in [0.1, 0.15) is 21.7 Å². The fourth-order valence-corrected chi connectivity index (χ4v) is 2.96. The fourth-order valence-electron chi connectivity index (χ4n) is 1.95. The highest BCUT2D eigenvalue weighted by molar-refractivity contribution is 7.15. The lowest BCUT2D eigenvalue weighted by atomic mass is 10.1. The van der Waals surface area contributed by atoms with Crippen molar-refractivity contribution in [3.63, 3.8) is 0 Å². The summed E-state index contributed by atoms with van der Waals surface area (Å²) < 4.78 is 0. The molecule has 8 heteroatoms. The monoisotopic (exact) mass is 368 g/mol. The molecule has 1 heterocycles. The van der Waals surface area contributed by atoms with Gasteiger partial charge in [-0.2, -0.15) is 0 Å². The van der Waals surface area contributed by atoms with Crippen molar-refractivity contribution in [3.05, 3.63) is 46.0 Å². The van der Waals surface area contributed by atoms with E-state index in [0.717, 1.165) is 17.0 Å². The van der Waals surface area contributed by atoms with E-state index < -0.39 is 0 Å². The number of nitrogens with one attached hydrogen (secondary N) is 2. The molecule has 1 aromatic carbocycles. The highest BCUT2D eigenvalue weighted by Gasteiger charge is 2.11. The number of anilines is 1. The largest absolute Gasteiger partial charge is 0.346 e. The van der Waals surface area contributed by atoms with Gasteiger partial charge in [-0.25, -0.2) is 4.98 Å². The van der Waals surface area contributed by atoms with E-state index in [1.807, 2.05) is 6.92 Å². The number of carbonyl (C=O) groups is 2. The number of hydrogen-bond acceptors (Lipinski definition) is 5. The van der Waals surface area contributed by atoms with E-state index >= 15 is 0 Å². The Morgan fingerprint density at radius 3 is 2.46 bits per heavy atom. The average molecular weight is 369 g/mol. The van der Waals surface area contributed by atoms with E-state index in [-0.39, 0.29) is 37.3 Å². The van der Waals surface area contributed by atoms with Crippen LogP contribution in [0.5, 0.6) is 0 Å². The molecule has 130 valence electrons. The topological polar surface area (TPSA) is 97.1 Å². The van der Waals surface area contributed by atoms with Gasteiger partial charge in [-0.15, -0.1) is 23.7 Å². The van der Waals surface area contributed by atoms with Crippen molar-refractivity contribution in [2.45, 2.75) is 20.3 Å². The lowest BCUT2D eigenvalue weighted by Crippen LogP contribution is -2.36. The Labute approximate surface area is 151 Å². The van der Waals surface area contributed by atoms with Gasteiger partial charge in [0, 0.05) is 11.3 Å². The first-order valence-corrected chi connectivity index (χ1v) is 8.08. The first kappa shape index (κ1) is 20.1. The van der Waals surface area contributed by atoms with E-state index in [1.165, 1.54) is 22.5 Å². The molecule has 6 nitrogen and oxygen atoms in total.